The third-order valence-electron chi connectivity index (χ3n) is 4.99. The summed E-state index contributed by atoms with van der Waals surface area (Å²) in [5.41, 5.74) is 7.78. The lowest BCUT2D eigenvalue weighted by Crippen LogP contribution is -2.41. The Morgan fingerprint density at radius 2 is 2.24 bits per heavy atom. The fourth-order valence-electron chi connectivity index (χ4n) is 4.35. The SMILES string of the molecule is Nc1cnccc1N1CC2CC3CC2C1C3O. The first-order valence-corrected chi connectivity index (χ1v) is 6.40. The molecule has 1 aliphatic heterocycles. The number of aliphatic hydroxyl groups excluding tert-OH is 1. The van der Waals surface area contributed by atoms with Gasteiger partial charge >= 0.3 is 0 Å². The van der Waals surface area contributed by atoms with Gasteiger partial charge in [-0.1, -0.05) is 0 Å². The normalized spacial score (nSPS) is 42.4. The van der Waals surface area contributed by atoms with E-state index >= 15 is 0 Å². The van der Waals surface area contributed by atoms with Crippen molar-refractivity contribution in [1.82, 2.24) is 4.98 Å². The highest BCUT2D eigenvalue weighted by Crippen LogP contribution is 2.56. The molecule has 1 saturated heterocycles. The van der Waals surface area contributed by atoms with Crippen LogP contribution in [0.4, 0.5) is 11.4 Å². The van der Waals surface area contributed by atoms with Gasteiger partial charge in [-0.05, 0) is 36.7 Å². The molecule has 1 aromatic rings. The number of rotatable bonds is 1. The van der Waals surface area contributed by atoms with Gasteiger partial charge in [-0.15, -0.1) is 0 Å². The second-order valence-corrected chi connectivity index (χ2v) is 5.72. The second-order valence-electron chi connectivity index (χ2n) is 5.72. The number of pyridine rings is 1. The van der Waals surface area contributed by atoms with E-state index in [0.29, 0.717) is 17.9 Å². The molecule has 17 heavy (non-hydrogen) atoms. The molecule has 2 bridgehead atoms. The van der Waals surface area contributed by atoms with E-state index in [4.69, 9.17) is 5.73 Å². The minimum Gasteiger partial charge on any atom is -0.396 e. The van der Waals surface area contributed by atoms with Crippen molar-refractivity contribution in [3.05, 3.63) is 18.5 Å². The largest absolute Gasteiger partial charge is 0.396 e. The Kier molecular flexibility index (Phi) is 1.79. The number of nitrogens with two attached hydrogens (primary N) is 1. The Bertz CT molecular complexity index is 462. The van der Waals surface area contributed by atoms with Crippen molar-refractivity contribution in [3.63, 3.8) is 0 Å². The molecule has 2 heterocycles. The molecule has 4 rings (SSSR count). The van der Waals surface area contributed by atoms with Gasteiger partial charge in [-0.3, -0.25) is 4.98 Å². The number of hydrogen-bond donors (Lipinski definition) is 2. The summed E-state index contributed by atoms with van der Waals surface area (Å²) in [5, 5.41) is 10.3. The van der Waals surface area contributed by atoms with Crippen molar-refractivity contribution in [1.29, 1.82) is 0 Å². The monoisotopic (exact) mass is 231 g/mol. The quantitative estimate of drug-likeness (QED) is 0.753. The molecule has 3 N–H and O–H groups in total. The molecule has 2 aliphatic carbocycles. The van der Waals surface area contributed by atoms with Crippen molar-refractivity contribution in [2.24, 2.45) is 17.8 Å². The van der Waals surface area contributed by atoms with Crippen molar-refractivity contribution in [2.45, 2.75) is 25.0 Å². The molecule has 0 spiro atoms. The molecule has 90 valence electrons. The van der Waals surface area contributed by atoms with E-state index in [1.165, 1.54) is 12.8 Å². The lowest BCUT2D eigenvalue weighted by atomic mass is 9.88. The number of fused-ring (bicyclic) bond motifs is 1. The molecule has 4 heteroatoms. The van der Waals surface area contributed by atoms with Crippen LogP contribution in [0, 0.1) is 17.8 Å². The molecular formula is C13H17N3O. The lowest BCUT2D eigenvalue weighted by molar-refractivity contribution is 0.0967. The smallest absolute Gasteiger partial charge is 0.0774 e. The molecule has 5 atom stereocenters. The van der Waals surface area contributed by atoms with E-state index < -0.39 is 0 Å². The van der Waals surface area contributed by atoms with E-state index in [1.54, 1.807) is 12.4 Å². The van der Waals surface area contributed by atoms with Crippen LogP contribution < -0.4 is 10.6 Å². The highest BCUT2D eigenvalue weighted by molar-refractivity contribution is 5.67. The summed E-state index contributed by atoms with van der Waals surface area (Å²) in [6.07, 6.45) is 5.73. The van der Waals surface area contributed by atoms with Crippen molar-refractivity contribution < 1.29 is 5.11 Å². The molecule has 3 fully saturated rings. The summed E-state index contributed by atoms with van der Waals surface area (Å²) in [6, 6.07) is 2.27. The van der Waals surface area contributed by atoms with Gasteiger partial charge in [0.05, 0.1) is 29.7 Å². The molecule has 0 aromatic carbocycles. The first kappa shape index (κ1) is 9.71. The molecule has 3 aliphatic rings. The maximum Gasteiger partial charge on any atom is 0.0774 e. The minimum absolute atomic E-state index is 0.161. The van der Waals surface area contributed by atoms with E-state index in [0.717, 1.165) is 23.8 Å². The van der Waals surface area contributed by atoms with Crippen LogP contribution in [-0.2, 0) is 0 Å². The fourth-order valence-corrected chi connectivity index (χ4v) is 4.35. The summed E-state index contributed by atoms with van der Waals surface area (Å²) in [5.74, 6) is 1.98. The number of aromatic nitrogens is 1. The number of nitrogens with zero attached hydrogens (tertiary/aromatic N) is 2. The van der Waals surface area contributed by atoms with Crippen LogP contribution in [0.5, 0.6) is 0 Å². The maximum atomic E-state index is 10.3. The van der Waals surface area contributed by atoms with E-state index in [1.807, 2.05) is 6.07 Å². The van der Waals surface area contributed by atoms with Crippen LogP contribution in [0.3, 0.4) is 0 Å². The number of nitrogen functional groups attached to an aromatic ring is 1. The van der Waals surface area contributed by atoms with Gasteiger partial charge in [0, 0.05) is 12.7 Å². The standard InChI is InChI=1S/C13H17N3O/c14-10-5-15-2-1-11(10)16-6-8-3-7-4-9(8)12(16)13(7)17/h1-2,5,7-9,12-13,17H,3-4,6,14H2. The Hall–Kier alpha value is -1.29. The number of aliphatic hydroxyl groups is 1. The Morgan fingerprint density at radius 1 is 1.35 bits per heavy atom. The summed E-state index contributed by atoms with van der Waals surface area (Å²) >= 11 is 0. The van der Waals surface area contributed by atoms with Crippen molar-refractivity contribution >= 4 is 11.4 Å². The molecular weight excluding hydrogens is 214 g/mol. The zero-order valence-electron chi connectivity index (χ0n) is 9.66. The number of hydrogen-bond acceptors (Lipinski definition) is 4. The lowest BCUT2D eigenvalue weighted by Gasteiger charge is -2.31. The second kappa shape index (κ2) is 3.13. The summed E-state index contributed by atoms with van der Waals surface area (Å²) < 4.78 is 0. The van der Waals surface area contributed by atoms with Gasteiger partial charge < -0.3 is 15.7 Å². The first-order chi connectivity index (χ1) is 8.25. The van der Waals surface area contributed by atoms with Crippen LogP contribution in [0.2, 0.25) is 0 Å². The highest BCUT2D eigenvalue weighted by Gasteiger charge is 2.59. The fraction of sp³-hybridized carbons (Fsp3) is 0.615. The highest BCUT2D eigenvalue weighted by atomic mass is 16.3. The summed E-state index contributed by atoms with van der Waals surface area (Å²) in [4.78, 5) is 6.36. The minimum atomic E-state index is -0.161. The van der Waals surface area contributed by atoms with Crippen LogP contribution >= 0.6 is 0 Å². The first-order valence-electron chi connectivity index (χ1n) is 6.40. The van der Waals surface area contributed by atoms with Crippen LogP contribution in [0.1, 0.15) is 12.8 Å². The van der Waals surface area contributed by atoms with Gasteiger partial charge in [0.15, 0.2) is 0 Å². The Morgan fingerprint density at radius 3 is 3.00 bits per heavy atom. The summed E-state index contributed by atoms with van der Waals surface area (Å²) in [6.45, 7) is 1.05. The third-order valence-corrected chi connectivity index (χ3v) is 4.99. The third kappa shape index (κ3) is 1.14. The Labute approximate surface area is 100 Å². The van der Waals surface area contributed by atoms with Crippen molar-refractivity contribution in [3.8, 4) is 0 Å². The molecule has 0 radical (unpaired) electrons. The van der Waals surface area contributed by atoms with Gasteiger partial charge in [0.1, 0.15) is 0 Å². The van der Waals surface area contributed by atoms with E-state index in [-0.39, 0.29) is 6.10 Å². The van der Waals surface area contributed by atoms with Crippen LogP contribution in [-0.4, -0.2) is 28.8 Å². The molecule has 0 amide bonds. The van der Waals surface area contributed by atoms with Crippen LogP contribution in [0.15, 0.2) is 18.5 Å². The Balaban J connectivity index is 1.75. The zero-order valence-corrected chi connectivity index (χ0v) is 9.66. The van der Waals surface area contributed by atoms with E-state index in [2.05, 4.69) is 9.88 Å². The van der Waals surface area contributed by atoms with Gasteiger partial charge in [-0.25, -0.2) is 0 Å². The molecule has 4 nitrogen and oxygen atoms in total. The zero-order chi connectivity index (χ0) is 11.6. The van der Waals surface area contributed by atoms with Gasteiger partial charge in [0.25, 0.3) is 0 Å². The predicted octanol–water partition coefficient (Wildman–Crippen LogP) is 0.869. The van der Waals surface area contributed by atoms with Crippen molar-refractivity contribution in [2.75, 3.05) is 17.2 Å². The predicted molar refractivity (Wildman–Crippen MR) is 65.5 cm³/mol. The average molecular weight is 231 g/mol. The molecule has 2 saturated carbocycles. The molecule has 1 aromatic heterocycles. The van der Waals surface area contributed by atoms with Gasteiger partial charge in [0.2, 0.25) is 0 Å². The maximum absolute atomic E-state index is 10.3. The average Bonchev–Trinajstić information content (AvgIpc) is 2.90. The van der Waals surface area contributed by atoms with Gasteiger partial charge in [-0.2, -0.15) is 0 Å². The molecule has 5 unspecified atom stereocenters. The topological polar surface area (TPSA) is 62.4 Å². The van der Waals surface area contributed by atoms with Crippen LogP contribution in [0.25, 0.3) is 0 Å². The summed E-state index contributed by atoms with van der Waals surface area (Å²) in [7, 11) is 0. The van der Waals surface area contributed by atoms with E-state index in [9.17, 15) is 5.11 Å². The number of anilines is 2.